The van der Waals surface area contributed by atoms with Crippen molar-refractivity contribution in [2.75, 3.05) is 37.7 Å². The van der Waals surface area contributed by atoms with Gasteiger partial charge in [-0.2, -0.15) is 0 Å². The first kappa shape index (κ1) is 13.9. The van der Waals surface area contributed by atoms with Crippen LogP contribution >= 0.6 is 0 Å². The molecular weight excluding hydrogens is 224 g/mol. The smallest absolute Gasteiger partial charge is 0.151 e. The van der Waals surface area contributed by atoms with E-state index in [2.05, 4.69) is 31.0 Å². The summed E-state index contributed by atoms with van der Waals surface area (Å²) in [6.07, 6.45) is 0.768. The Balaban J connectivity index is 2.50. The third kappa shape index (κ3) is 4.80. The van der Waals surface area contributed by atoms with Crippen LogP contribution in [0.1, 0.15) is 27.2 Å². The molecule has 1 rings (SSSR count). The van der Waals surface area contributed by atoms with Crippen LogP contribution in [0.25, 0.3) is 0 Å². The molecule has 16 heavy (non-hydrogen) atoms. The van der Waals surface area contributed by atoms with Gasteiger partial charge in [-0.3, -0.25) is 0 Å². The number of hydrogen-bond donors (Lipinski definition) is 1. The molecule has 0 amide bonds. The van der Waals surface area contributed by atoms with E-state index in [1.165, 1.54) is 0 Å². The van der Waals surface area contributed by atoms with Crippen LogP contribution < -0.4 is 5.32 Å². The Morgan fingerprint density at radius 2 is 1.94 bits per heavy atom. The first-order valence-corrected chi connectivity index (χ1v) is 7.84. The molecule has 0 bridgehead atoms. The van der Waals surface area contributed by atoms with E-state index in [-0.39, 0.29) is 5.54 Å². The van der Waals surface area contributed by atoms with Gasteiger partial charge in [0.2, 0.25) is 0 Å². The second-order valence-electron chi connectivity index (χ2n) is 5.20. The molecule has 1 fully saturated rings. The van der Waals surface area contributed by atoms with Crippen molar-refractivity contribution >= 4 is 9.84 Å². The predicted molar refractivity (Wildman–Crippen MR) is 67.5 cm³/mol. The van der Waals surface area contributed by atoms with Gasteiger partial charge in [0, 0.05) is 18.6 Å². The molecule has 0 aromatic rings. The van der Waals surface area contributed by atoms with Crippen molar-refractivity contribution in [2.45, 2.75) is 32.7 Å². The second kappa shape index (κ2) is 5.47. The second-order valence-corrected chi connectivity index (χ2v) is 7.50. The zero-order valence-electron chi connectivity index (χ0n) is 10.6. The van der Waals surface area contributed by atoms with E-state index in [1.54, 1.807) is 0 Å². The molecule has 0 unspecified atom stereocenters. The standard InChI is InChI=1S/C11H24N2O2S/c1-4-12-11(2,3)10-13-6-5-8-16(14,15)9-7-13/h12H,4-10H2,1-3H3. The molecule has 1 N–H and O–H groups in total. The molecule has 0 saturated carbocycles. The number of likely N-dealkylation sites (N-methyl/N-ethyl adjacent to an activating group) is 1. The summed E-state index contributed by atoms with van der Waals surface area (Å²) < 4.78 is 22.9. The third-order valence-corrected chi connectivity index (χ3v) is 4.64. The fourth-order valence-electron chi connectivity index (χ4n) is 2.24. The lowest BCUT2D eigenvalue weighted by molar-refractivity contribution is 0.214. The van der Waals surface area contributed by atoms with Crippen molar-refractivity contribution < 1.29 is 8.42 Å². The first-order chi connectivity index (χ1) is 7.35. The highest BCUT2D eigenvalue weighted by Crippen LogP contribution is 2.10. The van der Waals surface area contributed by atoms with Crippen LogP contribution in [-0.4, -0.2) is 56.5 Å². The van der Waals surface area contributed by atoms with Gasteiger partial charge < -0.3 is 10.2 Å². The van der Waals surface area contributed by atoms with Crippen molar-refractivity contribution in [2.24, 2.45) is 0 Å². The van der Waals surface area contributed by atoms with Crippen molar-refractivity contribution in [1.29, 1.82) is 0 Å². The predicted octanol–water partition coefficient (Wildman–Crippen LogP) is 0.495. The molecule has 0 aromatic carbocycles. The van der Waals surface area contributed by atoms with Gasteiger partial charge in [-0.25, -0.2) is 8.42 Å². The largest absolute Gasteiger partial charge is 0.311 e. The molecule has 96 valence electrons. The van der Waals surface area contributed by atoms with Crippen LogP contribution in [0.3, 0.4) is 0 Å². The molecule has 0 radical (unpaired) electrons. The van der Waals surface area contributed by atoms with Crippen LogP contribution in [0.5, 0.6) is 0 Å². The summed E-state index contributed by atoms with van der Waals surface area (Å²) in [7, 11) is -2.78. The highest BCUT2D eigenvalue weighted by molar-refractivity contribution is 7.91. The topological polar surface area (TPSA) is 49.4 Å². The lowest BCUT2D eigenvalue weighted by Gasteiger charge is -2.32. The molecule has 1 saturated heterocycles. The van der Waals surface area contributed by atoms with Crippen LogP contribution in [0.2, 0.25) is 0 Å². The van der Waals surface area contributed by atoms with E-state index in [4.69, 9.17) is 0 Å². The molecule has 4 nitrogen and oxygen atoms in total. The molecule has 1 aliphatic heterocycles. The van der Waals surface area contributed by atoms with E-state index in [9.17, 15) is 8.42 Å². The van der Waals surface area contributed by atoms with Crippen LogP contribution in [0.4, 0.5) is 0 Å². The quantitative estimate of drug-likeness (QED) is 0.787. The SMILES string of the molecule is CCNC(C)(C)CN1CCCS(=O)(=O)CC1. The van der Waals surface area contributed by atoms with Crippen molar-refractivity contribution in [3.8, 4) is 0 Å². The summed E-state index contributed by atoms with van der Waals surface area (Å²) in [6.45, 7) is 9.85. The fourth-order valence-corrected chi connectivity index (χ4v) is 3.55. The van der Waals surface area contributed by atoms with Gasteiger partial charge in [0.1, 0.15) is 0 Å². The third-order valence-electron chi connectivity index (χ3n) is 2.92. The Bertz CT molecular complexity index is 312. The van der Waals surface area contributed by atoms with Crippen molar-refractivity contribution in [3.05, 3.63) is 0 Å². The fraction of sp³-hybridized carbons (Fsp3) is 1.00. The molecule has 1 heterocycles. The van der Waals surface area contributed by atoms with Gasteiger partial charge in [-0.1, -0.05) is 6.92 Å². The van der Waals surface area contributed by atoms with Crippen LogP contribution in [0, 0.1) is 0 Å². The van der Waals surface area contributed by atoms with Crippen LogP contribution in [0.15, 0.2) is 0 Å². The number of nitrogens with one attached hydrogen (secondary N) is 1. The summed E-state index contributed by atoms with van der Waals surface area (Å²) in [5, 5.41) is 3.42. The summed E-state index contributed by atoms with van der Waals surface area (Å²) >= 11 is 0. The Morgan fingerprint density at radius 3 is 2.56 bits per heavy atom. The monoisotopic (exact) mass is 248 g/mol. The zero-order valence-corrected chi connectivity index (χ0v) is 11.4. The summed E-state index contributed by atoms with van der Waals surface area (Å²) in [5.41, 5.74) is 0.0584. The highest BCUT2D eigenvalue weighted by atomic mass is 32.2. The van der Waals surface area contributed by atoms with Gasteiger partial charge in [0.15, 0.2) is 9.84 Å². The number of sulfone groups is 1. The van der Waals surface area contributed by atoms with Gasteiger partial charge >= 0.3 is 0 Å². The summed E-state index contributed by atoms with van der Waals surface area (Å²) in [4.78, 5) is 2.26. The van der Waals surface area contributed by atoms with E-state index in [1.807, 2.05) is 0 Å². The number of nitrogens with zero attached hydrogens (tertiary/aromatic N) is 1. The maximum atomic E-state index is 11.5. The molecular formula is C11H24N2O2S. The van der Waals surface area contributed by atoms with E-state index < -0.39 is 9.84 Å². The van der Waals surface area contributed by atoms with E-state index in [0.717, 1.165) is 26.1 Å². The zero-order chi connectivity index (χ0) is 12.2. The van der Waals surface area contributed by atoms with Gasteiger partial charge in [0.05, 0.1) is 11.5 Å². The molecule has 0 atom stereocenters. The summed E-state index contributed by atoms with van der Waals surface area (Å²) in [6, 6.07) is 0. The first-order valence-electron chi connectivity index (χ1n) is 6.02. The molecule has 0 aromatic heterocycles. The lowest BCUT2D eigenvalue weighted by Crippen LogP contribution is -2.49. The summed E-state index contributed by atoms with van der Waals surface area (Å²) in [5.74, 6) is 0.667. The minimum atomic E-state index is -2.78. The Labute approximate surface area is 99.3 Å². The van der Waals surface area contributed by atoms with Gasteiger partial charge in [-0.05, 0) is 33.4 Å². The molecule has 0 aliphatic carbocycles. The Kier molecular flexibility index (Phi) is 4.76. The lowest BCUT2D eigenvalue weighted by atomic mass is 10.0. The highest BCUT2D eigenvalue weighted by Gasteiger charge is 2.24. The average Bonchev–Trinajstić information content (AvgIpc) is 2.27. The van der Waals surface area contributed by atoms with Crippen molar-refractivity contribution in [3.63, 3.8) is 0 Å². The molecule has 5 heteroatoms. The van der Waals surface area contributed by atoms with Crippen LogP contribution in [-0.2, 0) is 9.84 Å². The average molecular weight is 248 g/mol. The minimum absolute atomic E-state index is 0.0584. The minimum Gasteiger partial charge on any atom is -0.311 e. The molecule has 0 spiro atoms. The van der Waals surface area contributed by atoms with Gasteiger partial charge in [-0.15, -0.1) is 0 Å². The maximum absolute atomic E-state index is 11.5. The number of rotatable bonds is 4. The van der Waals surface area contributed by atoms with E-state index in [0.29, 0.717) is 18.1 Å². The van der Waals surface area contributed by atoms with Crippen molar-refractivity contribution in [1.82, 2.24) is 10.2 Å². The van der Waals surface area contributed by atoms with E-state index >= 15 is 0 Å². The Morgan fingerprint density at radius 1 is 1.25 bits per heavy atom. The normalized spacial score (nSPS) is 22.9. The van der Waals surface area contributed by atoms with Gasteiger partial charge in [0.25, 0.3) is 0 Å². The number of hydrogen-bond acceptors (Lipinski definition) is 4. The maximum Gasteiger partial charge on any atom is 0.151 e. The molecule has 1 aliphatic rings. The Hall–Kier alpha value is -0.130.